The summed E-state index contributed by atoms with van der Waals surface area (Å²) in [5, 5.41) is 6.08. The summed E-state index contributed by atoms with van der Waals surface area (Å²) >= 11 is 0. The number of hydrogen-bond acceptors (Lipinski definition) is 4. The first-order valence-corrected chi connectivity index (χ1v) is 8.42. The van der Waals surface area contributed by atoms with E-state index in [1.807, 2.05) is 13.8 Å². The molecule has 21 heavy (non-hydrogen) atoms. The minimum Gasteiger partial charge on any atom is -0.326 e. The molecule has 1 fully saturated rings. The van der Waals surface area contributed by atoms with Gasteiger partial charge >= 0.3 is 0 Å². The predicted octanol–water partition coefficient (Wildman–Crippen LogP) is 0.840. The third-order valence-corrected chi connectivity index (χ3v) is 5.32. The van der Waals surface area contributed by atoms with Gasteiger partial charge in [0.2, 0.25) is 15.9 Å². The van der Waals surface area contributed by atoms with Crippen molar-refractivity contribution in [2.45, 2.75) is 31.2 Å². The molecule has 116 valence electrons. The summed E-state index contributed by atoms with van der Waals surface area (Å²) < 4.78 is 25.9. The van der Waals surface area contributed by atoms with Crippen LogP contribution in [0.5, 0.6) is 0 Å². The summed E-state index contributed by atoms with van der Waals surface area (Å²) in [6.07, 6.45) is 0.792. The van der Waals surface area contributed by atoms with E-state index in [4.69, 9.17) is 0 Å². The standard InChI is InChI=1S/C14H21N3O3S/c1-9-4-5-11(21(19,20)15-3)8-13(9)17-14(18)12-6-7-16-10(12)2/h4-5,8,10,12,15-16H,6-7H2,1-3H3,(H,17,18). The zero-order valence-electron chi connectivity index (χ0n) is 12.4. The highest BCUT2D eigenvalue weighted by Gasteiger charge is 2.29. The van der Waals surface area contributed by atoms with Gasteiger partial charge in [0.05, 0.1) is 10.8 Å². The third kappa shape index (κ3) is 3.42. The molecule has 7 heteroatoms. The zero-order valence-corrected chi connectivity index (χ0v) is 13.3. The number of sulfonamides is 1. The first kappa shape index (κ1) is 15.9. The van der Waals surface area contributed by atoms with Gasteiger partial charge in [0.15, 0.2) is 0 Å². The fourth-order valence-electron chi connectivity index (χ4n) is 2.46. The Morgan fingerprint density at radius 1 is 1.38 bits per heavy atom. The van der Waals surface area contributed by atoms with Gasteiger partial charge in [-0.2, -0.15) is 0 Å². The molecule has 1 heterocycles. The maximum Gasteiger partial charge on any atom is 0.240 e. The molecule has 0 radical (unpaired) electrons. The van der Waals surface area contributed by atoms with Gasteiger partial charge in [0.1, 0.15) is 0 Å². The molecule has 0 spiro atoms. The van der Waals surface area contributed by atoms with Crippen molar-refractivity contribution < 1.29 is 13.2 Å². The first-order valence-electron chi connectivity index (χ1n) is 6.93. The average Bonchev–Trinajstić information content (AvgIpc) is 2.87. The molecular formula is C14H21N3O3S. The lowest BCUT2D eigenvalue weighted by atomic mass is 10.0. The van der Waals surface area contributed by atoms with Crippen LogP contribution in [0.15, 0.2) is 23.1 Å². The number of carbonyl (C=O) groups is 1. The monoisotopic (exact) mass is 311 g/mol. The lowest BCUT2D eigenvalue weighted by molar-refractivity contribution is -0.120. The van der Waals surface area contributed by atoms with Crippen molar-refractivity contribution in [1.82, 2.24) is 10.0 Å². The Kier molecular flexibility index (Phi) is 4.65. The number of carbonyl (C=O) groups excluding carboxylic acids is 1. The SMILES string of the molecule is CNS(=O)(=O)c1ccc(C)c(NC(=O)C2CCNC2C)c1. The van der Waals surface area contributed by atoms with Crippen molar-refractivity contribution in [2.75, 3.05) is 18.9 Å². The van der Waals surface area contributed by atoms with Crippen LogP contribution in [0.25, 0.3) is 0 Å². The molecule has 1 aromatic carbocycles. The molecular weight excluding hydrogens is 290 g/mol. The highest BCUT2D eigenvalue weighted by Crippen LogP contribution is 2.23. The van der Waals surface area contributed by atoms with Gasteiger partial charge < -0.3 is 10.6 Å². The Labute approximate surface area is 125 Å². The maximum absolute atomic E-state index is 12.3. The highest BCUT2D eigenvalue weighted by molar-refractivity contribution is 7.89. The molecule has 1 aliphatic heterocycles. The number of hydrogen-bond donors (Lipinski definition) is 3. The molecule has 2 unspecified atom stereocenters. The number of rotatable bonds is 4. The minimum atomic E-state index is -3.52. The lowest BCUT2D eigenvalue weighted by Gasteiger charge is -2.16. The van der Waals surface area contributed by atoms with Crippen molar-refractivity contribution in [2.24, 2.45) is 5.92 Å². The lowest BCUT2D eigenvalue weighted by Crippen LogP contribution is -2.32. The maximum atomic E-state index is 12.3. The molecule has 1 amide bonds. The van der Waals surface area contributed by atoms with Crippen LogP contribution in [0, 0.1) is 12.8 Å². The molecule has 2 atom stereocenters. The summed E-state index contributed by atoms with van der Waals surface area (Å²) in [5.74, 6) is -0.163. The third-order valence-electron chi connectivity index (χ3n) is 3.91. The van der Waals surface area contributed by atoms with Crippen LogP contribution in [0.4, 0.5) is 5.69 Å². The van der Waals surface area contributed by atoms with E-state index >= 15 is 0 Å². The van der Waals surface area contributed by atoms with Gasteiger partial charge in [0, 0.05) is 11.7 Å². The second-order valence-corrected chi connectivity index (χ2v) is 7.20. The molecule has 0 saturated carbocycles. The number of amides is 1. The van der Waals surface area contributed by atoms with Crippen LogP contribution < -0.4 is 15.4 Å². The Bertz CT molecular complexity index is 643. The van der Waals surface area contributed by atoms with Gasteiger partial charge in [-0.15, -0.1) is 0 Å². The van der Waals surface area contributed by atoms with Crippen molar-refractivity contribution in [3.8, 4) is 0 Å². The Morgan fingerprint density at radius 3 is 2.67 bits per heavy atom. The zero-order chi connectivity index (χ0) is 15.6. The predicted molar refractivity (Wildman–Crippen MR) is 81.6 cm³/mol. The largest absolute Gasteiger partial charge is 0.326 e. The van der Waals surface area contributed by atoms with Crippen LogP contribution in [0.1, 0.15) is 18.9 Å². The van der Waals surface area contributed by atoms with E-state index < -0.39 is 10.0 Å². The summed E-state index contributed by atoms with van der Waals surface area (Å²) in [4.78, 5) is 12.4. The number of anilines is 1. The quantitative estimate of drug-likeness (QED) is 0.769. The van der Waals surface area contributed by atoms with Gasteiger partial charge in [-0.1, -0.05) is 6.07 Å². The van der Waals surface area contributed by atoms with Crippen molar-refractivity contribution in [3.05, 3.63) is 23.8 Å². The first-order chi connectivity index (χ1) is 9.85. The Hall–Kier alpha value is -1.44. The second-order valence-electron chi connectivity index (χ2n) is 5.31. The van der Waals surface area contributed by atoms with E-state index in [-0.39, 0.29) is 22.8 Å². The molecule has 0 aliphatic carbocycles. The number of aryl methyl sites for hydroxylation is 1. The van der Waals surface area contributed by atoms with Gasteiger partial charge in [-0.3, -0.25) is 4.79 Å². The molecule has 1 aliphatic rings. The van der Waals surface area contributed by atoms with Crippen molar-refractivity contribution >= 4 is 21.6 Å². The van der Waals surface area contributed by atoms with Crippen LogP contribution in [0.3, 0.4) is 0 Å². The van der Waals surface area contributed by atoms with Crippen LogP contribution >= 0.6 is 0 Å². The number of benzene rings is 1. The minimum absolute atomic E-state index is 0.0744. The van der Waals surface area contributed by atoms with E-state index in [1.54, 1.807) is 6.07 Å². The Morgan fingerprint density at radius 2 is 2.10 bits per heavy atom. The summed E-state index contributed by atoms with van der Waals surface area (Å²) in [6.45, 7) is 4.64. The van der Waals surface area contributed by atoms with Gasteiger partial charge in [-0.25, -0.2) is 13.1 Å². The van der Waals surface area contributed by atoms with Gasteiger partial charge in [-0.05, 0) is 51.6 Å². The molecule has 1 aromatic rings. The van der Waals surface area contributed by atoms with Crippen molar-refractivity contribution in [1.29, 1.82) is 0 Å². The Balaban J connectivity index is 2.23. The van der Waals surface area contributed by atoms with E-state index in [2.05, 4.69) is 15.4 Å². The molecule has 3 N–H and O–H groups in total. The van der Waals surface area contributed by atoms with Gasteiger partial charge in [0.25, 0.3) is 0 Å². The normalized spacial score (nSPS) is 22.2. The molecule has 1 saturated heterocycles. The fraction of sp³-hybridized carbons (Fsp3) is 0.500. The fourth-order valence-corrected chi connectivity index (χ4v) is 3.22. The summed E-state index contributed by atoms with van der Waals surface area (Å²) in [6, 6.07) is 4.84. The molecule has 2 rings (SSSR count). The van der Waals surface area contributed by atoms with E-state index in [9.17, 15) is 13.2 Å². The van der Waals surface area contributed by atoms with E-state index in [0.29, 0.717) is 5.69 Å². The van der Waals surface area contributed by atoms with Crippen LogP contribution in [-0.4, -0.2) is 34.0 Å². The average molecular weight is 311 g/mol. The second kappa shape index (κ2) is 6.13. The van der Waals surface area contributed by atoms with Crippen LogP contribution in [0.2, 0.25) is 0 Å². The van der Waals surface area contributed by atoms with E-state index in [0.717, 1.165) is 18.5 Å². The smallest absolute Gasteiger partial charge is 0.240 e. The highest BCUT2D eigenvalue weighted by atomic mass is 32.2. The number of nitrogens with one attached hydrogen (secondary N) is 3. The van der Waals surface area contributed by atoms with Crippen LogP contribution in [-0.2, 0) is 14.8 Å². The van der Waals surface area contributed by atoms with E-state index in [1.165, 1.54) is 19.2 Å². The summed E-state index contributed by atoms with van der Waals surface area (Å²) in [7, 11) is -2.16. The molecule has 0 bridgehead atoms. The molecule has 0 aromatic heterocycles. The molecule has 6 nitrogen and oxygen atoms in total. The van der Waals surface area contributed by atoms with Crippen molar-refractivity contribution in [3.63, 3.8) is 0 Å². The summed E-state index contributed by atoms with van der Waals surface area (Å²) in [5.41, 5.74) is 1.37. The topological polar surface area (TPSA) is 87.3 Å².